The van der Waals surface area contributed by atoms with Crippen LogP contribution in [0.15, 0.2) is 47.6 Å². The Morgan fingerprint density at radius 3 is 2.96 bits per heavy atom. The van der Waals surface area contributed by atoms with Crippen LogP contribution in [0.5, 0.6) is 0 Å². The lowest BCUT2D eigenvalue weighted by Gasteiger charge is -2.28. The molecule has 2 heterocycles. The van der Waals surface area contributed by atoms with Crippen molar-refractivity contribution in [2.75, 3.05) is 5.75 Å². The van der Waals surface area contributed by atoms with Gasteiger partial charge in [0.05, 0.1) is 5.92 Å². The average Bonchev–Trinajstić information content (AvgIpc) is 2.89. The summed E-state index contributed by atoms with van der Waals surface area (Å²) >= 11 is 1.77. The first-order valence-electron chi connectivity index (χ1n) is 10.00. The summed E-state index contributed by atoms with van der Waals surface area (Å²) < 4.78 is 5.46. The Morgan fingerprint density at radius 1 is 1.29 bits per heavy atom. The number of aromatic nitrogens is 1. The van der Waals surface area contributed by atoms with E-state index in [1.807, 2.05) is 37.3 Å². The van der Waals surface area contributed by atoms with Crippen LogP contribution in [-0.2, 0) is 16.1 Å². The fourth-order valence-corrected chi connectivity index (χ4v) is 5.52. The van der Waals surface area contributed by atoms with Gasteiger partial charge in [-0.25, -0.2) is 0 Å². The van der Waals surface area contributed by atoms with Gasteiger partial charge in [-0.3, -0.25) is 14.6 Å². The second-order valence-corrected chi connectivity index (χ2v) is 8.83. The van der Waals surface area contributed by atoms with E-state index in [-0.39, 0.29) is 24.4 Å². The lowest BCUT2D eigenvalue weighted by molar-refractivity contribution is -0.146. The van der Waals surface area contributed by atoms with Crippen molar-refractivity contribution in [1.29, 1.82) is 0 Å². The van der Waals surface area contributed by atoms with Gasteiger partial charge >= 0.3 is 5.97 Å². The number of ketones is 1. The lowest BCUT2D eigenvalue weighted by Crippen LogP contribution is -2.27. The maximum absolute atomic E-state index is 13.0. The summed E-state index contributed by atoms with van der Waals surface area (Å²) in [6.07, 6.45) is 7.95. The molecule has 2 aliphatic rings. The number of ether oxygens (including phenoxy) is 1. The Balaban J connectivity index is 1.48. The molecule has 0 spiro atoms. The number of nitrogens with zero attached hydrogens (tertiary/aromatic N) is 1. The van der Waals surface area contributed by atoms with Gasteiger partial charge in [0, 0.05) is 40.1 Å². The summed E-state index contributed by atoms with van der Waals surface area (Å²) in [5, 5.41) is 0. The third kappa shape index (κ3) is 4.00. The minimum atomic E-state index is -0.372. The van der Waals surface area contributed by atoms with Crippen molar-refractivity contribution in [3.8, 4) is 0 Å². The first kappa shape index (κ1) is 19.2. The molecule has 0 radical (unpaired) electrons. The van der Waals surface area contributed by atoms with Crippen LogP contribution in [0.1, 0.15) is 60.0 Å². The highest BCUT2D eigenvalue weighted by Crippen LogP contribution is 2.42. The molecular weight excluding hydrogens is 370 g/mol. The second kappa shape index (κ2) is 8.48. The molecule has 1 aromatic carbocycles. The van der Waals surface area contributed by atoms with Crippen molar-refractivity contribution < 1.29 is 14.3 Å². The third-order valence-electron chi connectivity index (χ3n) is 5.93. The predicted molar refractivity (Wildman–Crippen MR) is 109 cm³/mol. The molecule has 0 saturated heterocycles. The highest BCUT2D eigenvalue weighted by atomic mass is 32.2. The molecular formula is C23H25NO3S. The van der Waals surface area contributed by atoms with Gasteiger partial charge in [0.25, 0.3) is 0 Å². The van der Waals surface area contributed by atoms with Crippen LogP contribution in [0.25, 0.3) is 0 Å². The minimum Gasteiger partial charge on any atom is -0.460 e. The summed E-state index contributed by atoms with van der Waals surface area (Å²) in [6.45, 7) is 2.08. The Morgan fingerprint density at radius 2 is 2.14 bits per heavy atom. The molecule has 146 valence electrons. The zero-order chi connectivity index (χ0) is 19.5. The number of hydrogen-bond acceptors (Lipinski definition) is 5. The molecule has 3 atom stereocenters. The summed E-state index contributed by atoms with van der Waals surface area (Å²) in [7, 11) is 0. The molecule has 1 saturated carbocycles. The number of hydrogen-bond donors (Lipinski definition) is 0. The number of carbonyl (C=O) groups is 2. The molecule has 4 nitrogen and oxygen atoms in total. The van der Waals surface area contributed by atoms with Crippen molar-refractivity contribution in [3.05, 3.63) is 59.4 Å². The van der Waals surface area contributed by atoms with Crippen LogP contribution >= 0.6 is 11.8 Å². The number of thioether (sulfide) groups is 1. The minimum absolute atomic E-state index is 0.176. The Kier molecular flexibility index (Phi) is 5.81. The van der Waals surface area contributed by atoms with Gasteiger partial charge in [-0.05, 0) is 49.4 Å². The number of rotatable bonds is 4. The molecule has 1 fully saturated rings. The number of esters is 1. The number of carbonyl (C=O) groups excluding carboxylic acids is 2. The van der Waals surface area contributed by atoms with Crippen LogP contribution in [0.3, 0.4) is 0 Å². The lowest BCUT2D eigenvalue weighted by atomic mass is 9.76. The van der Waals surface area contributed by atoms with Crippen molar-refractivity contribution in [1.82, 2.24) is 4.98 Å². The van der Waals surface area contributed by atoms with E-state index in [4.69, 9.17) is 4.74 Å². The normalized spacial score (nSPS) is 22.5. The Bertz CT molecular complexity index is 867. The van der Waals surface area contributed by atoms with Gasteiger partial charge in [-0.2, -0.15) is 0 Å². The van der Waals surface area contributed by atoms with E-state index < -0.39 is 0 Å². The molecule has 0 amide bonds. The van der Waals surface area contributed by atoms with E-state index in [2.05, 4.69) is 4.98 Å². The maximum Gasteiger partial charge on any atom is 0.313 e. The fraction of sp³-hybridized carbons (Fsp3) is 0.435. The van der Waals surface area contributed by atoms with E-state index in [0.29, 0.717) is 11.7 Å². The SMILES string of the molecule is CC(C(=O)OCc1cccnc1)c1ccc2c(c1)SC[C@H]1CCCC[C@@H]1C2=O. The number of fused-ring (bicyclic) bond motifs is 2. The van der Waals surface area contributed by atoms with E-state index in [9.17, 15) is 9.59 Å². The third-order valence-corrected chi connectivity index (χ3v) is 7.17. The monoisotopic (exact) mass is 395 g/mol. The molecule has 0 N–H and O–H groups in total. The van der Waals surface area contributed by atoms with Gasteiger partial charge < -0.3 is 4.74 Å². The number of Topliss-reactive ketones (excluding diaryl/α,β-unsaturated/α-hetero) is 1. The first-order valence-corrected chi connectivity index (χ1v) is 11.0. The standard InChI is InChI=1S/C23H25NO3S/c1-15(23(26)27-13-16-5-4-10-24-12-16)17-8-9-20-21(11-17)28-14-18-6-2-3-7-19(18)22(20)25/h4-5,8-12,15,18-19H,2-3,6-7,13-14H2,1H3/t15?,18-,19+/m1/s1. The zero-order valence-corrected chi connectivity index (χ0v) is 16.9. The molecule has 4 rings (SSSR count). The van der Waals surface area contributed by atoms with Crippen molar-refractivity contribution in [3.63, 3.8) is 0 Å². The topological polar surface area (TPSA) is 56.3 Å². The van der Waals surface area contributed by atoms with Crippen molar-refractivity contribution >= 4 is 23.5 Å². The number of benzene rings is 1. The largest absolute Gasteiger partial charge is 0.460 e. The van der Waals surface area contributed by atoms with Crippen molar-refractivity contribution in [2.45, 2.75) is 50.0 Å². The summed E-state index contributed by atoms with van der Waals surface area (Å²) in [4.78, 5) is 30.6. The van der Waals surface area contributed by atoms with Crippen LogP contribution in [0.4, 0.5) is 0 Å². The van der Waals surface area contributed by atoms with Gasteiger partial charge in [-0.1, -0.05) is 25.0 Å². The molecule has 1 unspecified atom stereocenters. The Hall–Kier alpha value is -2.14. The molecule has 2 aromatic rings. The molecule has 5 heteroatoms. The summed E-state index contributed by atoms with van der Waals surface area (Å²) in [6, 6.07) is 9.56. The molecule has 28 heavy (non-hydrogen) atoms. The molecule has 1 aromatic heterocycles. The summed E-state index contributed by atoms with van der Waals surface area (Å²) in [5.41, 5.74) is 2.60. The Labute approximate surface area is 170 Å². The van der Waals surface area contributed by atoms with Gasteiger partial charge in [-0.15, -0.1) is 11.8 Å². The van der Waals surface area contributed by atoms with E-state index in [1.54, 1.807) is 24.2 Å². The van der Waals surface area contributed by atoms with Crippen molar-refractivity contribution in [2.24, 2.45) is 11.8 Å². The average molecular weight is 396 g/mol. The highest BCUT2D eigenvalue weighted by molar-refractivity contribution is 7.99. The van der Waals surface area contributed by atoms with Crippen LogP contribution in [0.2, 0.25) is 0 Å². The van der Waals surface area contributed by atoms with Crippen LogP contribution in [0, 0.1) is 11.8 Å². The molecule has 1 aliphatic heterocycles. The van der Waals surface area contributed by atoms with Crippen LogP contribution in [-0.4, -0.2) is 22.5 Å². The quantitative estimate of drug-likeness (QED) is 0.680. The fourth-order valence-electron chi connectivity index (χ4n) is 4.18. The zero-order valence-electron chi connectivity index (χ0n) is 16.1. The highest BCUT2D eigenvalue weighted by Gasteiger charge is 2.35. The molecule has 1 aliphatic carbocycles. The second-order valence-electron chi connectivity index (χ2n) is 7.77. The maximum atomic E-state index is 13.0. The smallest absolute Gasteiger partial charge is 0.313 e. The van der Waals surface area contributed by atoms with E-state index >= 15 is 0 Å². The summed E-state index contributed by atoms with van der Waals surface area (Å²) in [5.74, 6) is 1.32. The first-order chi connectivity index (χ1) is 13.6. The van der Waals surface area contributed by atoms with Crippen LogP contribution < -0.4 is 0 Å². The van der Waals surface area contributed by atoms with E-state index in [1.165, 1.54) is 6.42 Å². The predicted octanol–water partition coefficient (Wildman–Crippen LogP) is 5.02. The van der Waals surface area contributed by atoms with Gasteiger partial charge in [0.15, 0.2) is 5.78 Å². The van der Waals surface area contributed by atoms with Gasteiger partial charge in [0.1, 0.15) is 6.61 Å². The van der Waals surface area contributed by atoms with Gasteiger partial charge in [0.2, 0.25) is 0 Å². The number of pyridine rings is 1. The molecule has 0 bridgehead atoms. The van der Waals surface area contributed by atoms with E-state index in [0.717, 1.165) is 46.6 Å².